The van der Waals surface area contributed by atoms with E-state index in [1.807, 2.05) is 0 Å². The zero-order valence-electron chi connectivity index (χ0n) is 8.02. The van der Waals surface area contributed by atoms with Crippen LogP contribution >= 0.6 is 23.2 Å². The molecule has 1 aliphatic rings. The normalized spacial score (nSPS) is 43.9. The molecule has 0 aromatic rings. The van der Waals surface area contributed by atoms with Gasteiger partial charge in [-0.25, -0.2) is 0 Å². The number of methoxy groups -OCH3 is 2. The molecule has 0 aromatic carbocycles. The van der Waals surface area contributed by atoms with Crippen LogP contribution < -0.4 is 0 Å². The predicted molar refractivity (Wildman–Crippen MR) is 52.8 cm³/mol. The number of ether oxygens (including phenoxy) is 3. The smallest absolute Gasteiger partial charge is 0.184 e. The van der Waals surface area contributed by atoms with E-state index in [1.165, 1.54) is 14.2 Å². The van der Waals surface area contributed by atoms with E-state index in [4.69, 9.17) is 37.4 Å². The van der Waals surface area contributed by atoms with E-state index in [-0.39, 0.29) is 5.88 Å². The Morgan fingerprint density at radius 3 is 2.29 bits per heavy atom. The van der Waals surface area contributed by atoms with Crippen LogP contribution in [-0.2, 0) is 14.2 Å². The first kappa shape index (κ1) is 12.5. The van der Waals surface area contributed by atoms with Crippen molar-refractivity contribution in [3.63, 3.8) is 0 Å². The Labute approximate surface area is 93.0 Å². The first-order valence-electron chi connectivity index (χ1n) is 4.24. The third-order valence-corrected chi connectivity index (χ3v) is 3.12. The summed E-state index contributed by atoms with van der Waals surface area (Å²) in [6.45, 7) is 0. The van der Waals surface area contributed by atoms with Gasteiger partial charge < -0.3 is 19.3 Å². The monoisotopic (exact) mass is 244 g/mol. The van der Waals surface area contributed by atoms with E-state index in [0.717, 1.165) is 0 Å². The number of aliphatic hydroxyl groups excluding tert-OH is 1. The molecule has 0 aromatic heterocycles. The zero-order valence-corrected chi connectivity index (χ0v) is 9.53. The second kappa shape index (κ2) is 5.49. The van der Waals surface area contributed by atoms with Gasteiger partial charge in [-0.3, -0.25) is 0 Å². The average molecular weight is 245 g/mol. The van der Waals surface area contributed by atoms with Crippen LogP contribution in [0.3, 0.4) is 0 Å². The summed E-state index contributed by atoms with van der Waals surface area (Å²) in [6, 6.07) is 0. The van der Waals surface area contributed by atoms with Gasteiger partial charge in [0.25, 0.3) is 0 Å². The van der Waals surface area contributed by atoms with E-state index in [9.17, 15) is 5.11 Å². The molecule has 1 heterocycles. The number of aliphatic hydroxyl groups is 1. The van der Waals surface area contributed by atoms with Gasteiger partial charge >= 0.3 is 0 Å². The van der Waals surface area contributed by atoms with Crippen molar-refractivity contribution in [1.29, 1.82) is 0 Å². The third-order valence-electron chi connectivity index (χ3n) is 2.28. The molecule has 0 unspecified atom stereocenters. The summed E-state index contributed by atoms with van der Waals surface area (Å²) in [4.78, 5) is 0. The molecule has 0 bridgehead atoms. The number of hydrogen-bond donors (Lipinski definition) is 1. The molecule has 0 radical (unpaired) electrons. The molecule has 1 fully saturated rings. The highest BCUT2D eigenvalue weighted by Crippen LogP contribution is 2.28. The molecule has 4 nitrogen and oxygen atoms in total. The minimum Gasteiger partial charge on any atom is -0.377 e. The largest absolute Gasteiger partial charge is 0.377 e. The fourth-order valence-electron chi connectivity index (χ4n) is 1.52. The molecule has 0 spiro atoms. The van der Waals surface area contributed by atoms with Crippen molar-refractivity contribution in [1.82, 2.24) is 0 Å². The van der Waals surface area contributed by atoms with Crippen LogP contribution in [-0.4, -0.2) is 55.2 Å². The molecule has 5 atom stereocenters. The fraction of sp³-hybridized carbons (Fsp3) is 1.00. The quantitative estimate of drug-likeness (QED) is 0.739. The van der Waals surface area contributed by atoms with Gasteiger partial charge in [0.05, 0.1) is 17.4 Å². The topological polar surface area (TPSA) is 47.9 Å². The first-order valence-corrected chi connectivity index (χ1v) is 5.22. The van der Waals surface area contributed by atoms with Crippen molar-refractivity contribution >= 4 is 23.2 Å². The van der Waals surface area contributed by atoms with E-state index in [0.29, 0.717) is 0 Å². The molecule has 1 aliphatic heterocycles. The van der Waals surface area contributed by atoms with Gasteiger partial charge in [0.1, 0.15) is 12.2 Å². The van der Waals surface area contributed by atoms with Crippen LogP contribution in [0, 0.1) is 0 Å². The fourth-order valence-corrected chi connectivity index (χ4v) is 2.27. The Morgan fingerprint density at radius 2 is 1.86 bits per heavy atom. The number of rotatable bonds is 3. The average Bonchev–Trinajstić information content (AvgIpc) is 2.20. The molecule has 0 saturated carbocycles. The lowest BCUT2D eigenvalue weighted by Crippen LogP contribution is -2.57. The Bertz CT molecular complexity index is 181. The number of halogens is 2. The van der Waals surface area contributed by atoms with Crippen molar-refractivity contribution < 1.29 is 19.3 Å². The summed E-state index contributed by atoms with van der Waals surface area (Å²) >= 11 is 11.7. The van der Waals surface area contributed by atoms with E-state index < -0.39 is 30.0 Å². The maximum Gasteiger partial charge on any atom is 0.184 e. The molecule has 1 saturated heterocycles. The van der Waals surface area contributed by atoms with Crippen LogP contribution in [0.1, 0.15) is 0 Å². The van der Waals surface area contributed by atoms with Crippen LogP contribution in [0.2, 0.25) is 0 Å². The number of alkyl halides is 2. The molecule has 1 N–H and O–H groups in total. The third kappa shape index (κ3) is 2.32. The summed E-state index contributed by atoms with van der Waals surface area (Å²) in [5.41, 5.74) is 0. The van der Waals surface area contributed by atoms with E-state index in [2.05, 4.69) is 0 Å². The minimum absolute atomic E-state index is 0.210. The molecule has 84 valence electrons. The molecule has 0 amide bonds. The van der Waals surface area contributed by atoms with Crippen LogP contribution in [0.25, 0.3) is 0 Å². The molecule has 1 rings (SSSR count). The zero-order chi connectivity index (χ0) is 10.7. The van der Waals surface area contributed by atoms with Crippen molar-refractivity contribution in [3.8, 4) is 0 Å². The Balaban J connectivity index is 2.73. The molecule has 6 heteroatoms. The van der Waals surface area contributed by atoms with Crippen LogP contribution in [0.15, 0.2) is 0 Å². The van der Waals surface area contributed by atoms with E-state index in [1.54, 1.807) is 0 Å². The van der Waals surface area contributed by atoms with Crippen molar-refractivity contribution in [3.05, 3.63) is 0 Å². The highest BCUT2D eigenvalue weighted by Gasteiger charge is 2.44. The van der Waals surface area contributed by atoms with Crippen LogP contribution in [0.4, 0.5) is 0 Å². The summed E-state index contributed by atoms with van der Waals surface area (Å²) < 4.78 is 15.4. The standard InChI is InChI=1S/C8H14Cl2O4/c1-12-6-5(10)4(3-9)14-8(11)7(6)13-2/h4-8,11H,3H2,1-2H3/t4-,5+,6+,7+,8-/m1/s1. The summed E-state index contributed by atoms with van der Waals surface area (Å²) in [5.74, 6) is 0.210. The second-order valence-electron chi connectivity index (χ2n) is 3.06. The van der Waals surface area contributed by atoms with Crippen molar-refractivity contribution in [2.24, 2.45) is 0 Å². The second-order valence-corrected chi connectivity index (χ2v) is 3.88. The highest BCUT2D eigenvalue weighted by molar-refractivity contribution is 6.23. The van der Waals surface area contributed by atoms with Gasteiger partial charge in [-0.05, 0) is 0 Å². The Morgan fingerprint density at radius 1 is 1.29 bits per heavy atom. The summed E-state index contributed by atoms with van der Waals surface area (Å²) in [5, 5.41) is 9.12. The van der Waals surface area contributed by atoms with Gasteiger partial charge in [0.15, 0.2) is 6.29 Å². The van der Waals surface area contributed by atoms with Crippen LogP contribution in [0.5, 0.6) is 0 Å². The lowest BCUT2D eigenvalue weighted by atomic mass is 10.0. The summed E-state index contributed by atoms with van der Waals surface area (Å²) in [6.07, 6.45) is -2.48. The van der Waals surface area contributed by atoms with Crippen molar-refractivity contribution in [2.75, 3.05) is 20.1 Å². The Kier molecular flexibility index (Phi) is 4.90. The maximum absolute atomic E-state index is 9.55. The lowest BCUT2D eigenvalue weighted by molar-refractivity contribution is -0.251. The van der Waals surface area contributed by atoms with Gasteiger partial charge in [0.2, 0.25) is 0 Å². The minimum atomic E-state index is -1.05. The molecular formula is C8H14Cl2O4. The number of hydrogen-bond acceptors (Lipinski definition) is 4. The SMILES string of the molecule is CO[C@H]1[C@@H](Cl)[C@@H](CCl)O[C@@H](O)[C@H]1OC. The van der Waals surface area contributed by atoms with Gasteiger partial charge in [0, 0.05) is 14.2 Å². The van der Waals surface area contributed by atoms with Gasteiger partial charge in [-0.15, -0.1) is 23.2 Å². The summed E-state index contributed by atoms with van der Waals surface area (Å²) in [7, 11) is 2.98. The molecule has 0 aliphatic carbocycles. The van der Waals surface area contributed by atoms with Crippen molar-refractivity contribution in [2.45, 2.75) is 30.0 Å². The predicted octanol–water partition coefficient (Wildman–Crippen LogP) is 0.580. The van der Waals surface area contributed by atoms with Gasteiger partial charge in [-0.2, -0.15) is 0 Å². The lowest BCUT2D eigenvalue weighted by Gasteiger charge is -2.40. The highest BCUT2D eigenvalue weighted by atomic mass is 35.5. The first-order chi connectivity index (χ1) is 6.65. The molecule has 14 heavy (non-hydrogen) atoms. The van der Waals surface area contributed by atoms with Gasteiger partial charge in [-0.1, -0.05) is 0 Å². The van der Waals surface area contributed by atoms with E-state index >= 15 is 0 Å². The molecular weight excluding hydrogens is 231 g/mol. The maximum atomic E-state index is 9.55. The Hall–Kier alpha value is 0.420.